The Bertz CT molecular complexity index is 934. The second-order valence-electron chi connectivity index (χ2n) is 5.83. The monoisotopic (exact) mass is 340 g/mol. The summed E-state index contributed by atoms with van der Waals surface area (Å²) in [5.41, 5.74) is 0.965. The molecule has 0 saturated heterocycles. The molecule has 3 aromatic carbocycles. The Balaban J connectivity index is 2.06. The van der Waals surface area contributed by atoms with E-state index in [0.29, 0.717) is 11.3 Å². The third kappa shape index (κ3) is 4.22. The van der Waals surface area contributed by atoms with Gasteiger partial charge in [0.15, 0.2) is 5.60 Å². The van der Waals surface area contributed by atoms with Crippen molar-refractivity contribution in [1.29, 1.82) is 0 Å². The minimum absolute atomic E-state index is 0.593. The second-order valence-corrected chi connectivity index (χ2v) is 5.83. The molecule has 0 aromatic heterocycles. The molecular weight excluding hydrogens is 320 g/mol. The summed E-state index contributed by atoms with van der Waals surface area (Å²) in [6.07, 6.45) is 3.57. The molecule has 0 aliphatic carbocycles. The van der Waals surface area contributed by atoms with Crippen LogP contribution in [0.5, 0.6) is 5.75 Å². The van der Waals surface area contributed by atoms with Crippen LogP contribution in [0.1, 0.15) is 16.7 Å². The zero-order valence-electron chi connectivity index (χ0n) is 14.6. The summed E-state index contributed by atoms with van der Waals surface area (Å²) in [6.45, 7) is 0. The lowest BCUT2D eigenvalue weighted by atomic mass is 9.91. The summed E-state index contributed by atoms with van der Waals surface area (Å²) in [5.74, 6) is 6.67. The molecule has 1 N–H and O–H groups in total. The van der Waals surface area contributed by atoms with E-state index in [-0.39, 0.29) is 0 Å². The minimum atomic E-state index is -1.47. The smallest absolute Gasteiger partial charge is 0.174 e. The van der Waals surface area contributed by atoms with Gasteiger partial charge in [-0.05, 0) is 29.8 Å². The molecule has 0 amide bonds. The highest BCUT2D eigenvalue weighted by Gasteiger charge is 2.27. The van der Waals surface area contributed by atoms with E-state index in [4.69, 9.17) is 4.74 Å². The van der Waals surface area contributed by atoms with Crippen molar-refractivity contribution in [2.24, 2.45) is 0 Å². The molecule has 0 spiro atoms. The number of hydrogen-bond acceptors (Lipinski definition) is 2. The first-order chi connectivity index (χ1) is 12.7. The van der Waals surface area contributed by atoms with Crippen LogP contribution >= 0.6 is 0 Å². The van der Waals surface area contributed by atoms with Crippen molar-refractivity contribution < 1.29 is 9.84 Å². The Morgan fingerprint density at radius 1 is 0.846 bits per heavy atom. The van der Waals surface area contributed by atoms with Gasteiger partial charge >= 0.3 is 0 Å². The van der Waals surface area contributed by atoms with Crippen LogP contribution < -0.4 is 4.74 Å². The lowest BCUT2D eigenvalue weighted by Crippen LogP contribution is -2.21. The topological polar surface area (TPSA) is 29.5 Å². The standard InChI is InChI=1S/C24H20O2/c1-26-23-15-9-8-14-22(23)24(25,18-16-20-10-4-2-5-11-20)19-17-21-12-6-3-7-13-21/h2-16,18,25H,1H3/b18-16+. The lowest BCUT2D eigenvalue weighted by molar-refractivity contribution is 0.151. The zero-order chi connectivity index (χ0) is 18.2. The first-order valence-corrected chi connectivity index (χ1v) is 8.40. The molecule has 3 rings (SSSR count). The van der Waals surface area contributed by atoms with Gasteiger partial charge in [0.25, 0.3) is 0 Å². The predicted octanol–water partition coefficient (Wildman–Crippen LogP) is 4.65. The van der Waals surface area contributed by atoms with Gasteiger partial charge in [-0.3, -0.25) is 0 Å². The van der Waals surface area contributed by atoms with E-state index in [2.05, 4.69) is 11.8 Å². The van der Waals surface area contributed by atoms with Gasteiger partial charge in [-0.1, -0.05) is 84.6 Å². The Morgan fingerprint density at radius 3 is 2.15 bits per heavy atom. The van der Waals surface area contributed by atoms with Gasteiger partial charge in [-0.25, -0.2) is 0 Å². The van der Waals surface area contributed by atoms with Gasteiger partial charge in [0, 0.05) is 11.1 Å². The van der Waals surface area contributed by atoms with Crippen LogP contribution in [-0.4, -0.2) is 12.2 Å². The Labute approximate surface area is 154 Å². The minimum Gasteiger partial charge on any atom is -0.496 e. The number of rotatable bonds is 4. The van der Waals surface area contributed by atoms with Crippen LogP contribution in [0.3, 0.4) is 0 Å². The maximum atomic E-state index is 11.4. The fraction of sp³-hybridized carbons (Fsp3) is 0.0833. The molecule has 0 saturated carbocycles. The SMILES string of the molecule is COc1ccccc1C(O)(C#Cc1ccccc1)/C=C/c1ccccc1. The molecular formula is C24H20O2. The number of methoxy groups -OCH3 is 1. The molecule has 26 heavy (non-hydrogen) atoms. The van der Waals surface area contributed by atoms with E-state index in [1.54, 1.807) is 13.2 Å². The maximum absolute atomic E-state index is 11.4. The highest BCUT2D eigenvalue weighted by molar-refractivity contribution is 5.56. The van der Waals surface area contributed by atoms with Crippen molar-refractivity contribution in [3.8, 4) is 17.6 Å². The number of para-hydroxylation sites is 1. The van der Waals surface area contributed by atoms with Gasteiger partial charge in [0.1, 0.15) is 5.75 Å². The van der Waals surface area contributed by atoms with E-state index in [0.717, 1.165) is 11.1 Å². The van der Waals surface area contributed by atoms with Crippen LogP contribution in [0.15, 0.2) is 91.0 Å². The van der Waals surface area contributed by atoms with Gasteiger partial charge in [0.05, 0.1) is 7.11 Å². The second kappa shape index (κ2) is 8.20. The van der Waals surface area contributed by atoms with E-state index >= 15 is 0 Å². The van der Waals surface area contributed by atoms with Crippen LogP contribution in [0.2, 0.25) is 0 Å². The van der Waals surface area contributed by atoms with Crippen molar-refractivity contribution in [3.63, 3.8) is 0 Å². The molecule has 0 aliphatic rings. The van der Waals surface area contributed by atoms with Gasteiger partial charge < -0.3 is 9.84 Å². The first-order valence-electron chi connectivity index (χ1n) is 8.40. The molecule has 0 radical (unpaired) electrons. The molecule has 128 valence electrons. The summed E-state index contributed by atoms with van der Waals surface area (Å²) in [4.78, 5) is 0. The molecule has 1 atom stereocenters. The summed E-state index contributed by atoms with van der Waals surface area (Å²) in [6, 6.07) is 26.8. The largest absolute Gasteiger partial charge is 0.496 e. The Kier molecular flexibility index (Phi) is 5.53. The van der Waals surface area contributed by atoms with E-state index in [1.165, 1.54) is 0 Å². The van der Waals surface area contributed by atoms with E-state index in [1.807, 2.05) is 91.0 Å². The molecule has 0 aliphatic heterocycles. The predicted molar refractivity (Wildman–Crippen MR) is 106 cm³/mol. The highest BCUT2D eigenvalue weighted by atomic mass is 16.5. The molecule has 3 aromatic rings. The number of hydrogen-bond donors (Lipinski definition) is 1. The Morgan fingerprint density at radius 2 is 1.46 bits per heavy atom. The molecule has 0 bridgehead atoms. The van der Waals surface area contributed by atoms with Crippen LogP contribution in [0.4, 0.5) is 0 Å². The van der Waals surface area contributed by atoms with Crippen molar-refractivity contribution in [2.75, 3.05) is 7.11 Å². The lowest BCUT2D eigenvalue weighted by Gasteiger charge is -2.21. The van der Waals surface area contributed by atoms with Crippen molar-refractivity contribution in [3.05, 3.63) is 108 Å². The van der Waals surface area contributed by atoms with Gasteiger partial charge in [0.2, 0.25) is 0 Å². The maximum Gasteiger partial charge on any atom is 0.174 e. The van der Waals surface area contributed by atoms with E-state index in [9.17, 15) is 5.11 Å². The van der Waals surface area contributed by atoms with Crippen molar-refractivity contribution in [1.82, 2.24) is 0 Å². The number of aliphatic hydroxyl groups is 1. The quantitative estimate of drug-likeness (QED) is 0.701. The summed E-state index contributed by atoms with van der Waals surface area (Å²) in [5, 5.41) is 11.4. The molecule has 0 fully saturated rings. The molecule has 0 heterocycles. The average Bonchev–Trinajstić information content (AvgIpc) is 2.72. The summed E-state index contributed by atoms with van der Waals surface area (Å²) in [7, 11) is 1.59. The zero-order valence-corrected chi connectivity index (χ0v) is 14.6. The first kappa shape index (κ1) is 17.5. The van der Waals surface area contributed by atoms with Gasteiger partial charge in [-0.15, -0.1) is 0 Å². The summed E-state index contributed by atoms with van der Waals surface area (Å²) < 4.78 is 5.43. The van der Waals surface area contributed by atoms with Crippen molar-refractivity contribution in [2.45, 2.75) is 5.60 Å². The van der Waals surface area contributed by atoms with Crippen LogP contribution in [0.25, 0.3) is 6.08 Å². The third-order valence-electron chi connectivity index (χ3n) is 4.01. The molecule has 2 nitrogen and oxygen atoms in total. The Hall–Kier alpha value is -3.28. The number of benzene rings is 3. The summed E-state index contributed by atoms with van der Waals surface area (Å²) >= 11 is 0. The molecule has 1 unspecified atom stereocenters. The van der Waals surface area contributed by atoms with Crippen LogP contribution in [-0.2, 0) is 5.60 Å². The van der Waals surface area contributed by atoms with E-state index < -0.39 is 5.60 Å². The number of ether oxygens (including phenoxy) is 1. The average molecular weight is 340 g/mol. The molecule has 2 heteroatoms. The fourth-order valence-electron chi connectivity index (χ4n) is 2.63. The third-order valence-corrected chi connectivity index (χ3v) is 4.01. The fourth-order valence-corrected chi connectivity index (χ4v) is 2.63. The highest BCUT2D eigenvalue weighted by Crippen LogP contribution is 2.31. The normalized spacial score (nSPS) is 12.8. The van der Waals surface area contributed by atoms with Crippen molar-refractivity contribution >= 4 is 6.08 Å². The van der Waals surface area contributed by atoms with Crippen LogP contribution in [0, 0.1) is 11.8 Å². The van der Waals surface area contributed by atoms with Gasteiger partial charge in [-0.2, -0.15) is 0 Å².